The highest BCUT2D eigenvalue weighted by molar-refractivity contribution is 5.85. The Labute approximate surface area is 134 Å². The van der Waals surface area contributed by atoms with Crippen molar-refractivity contribution in [2.45, 2.75) is 20.1 Å². The van der Waals surface area contributed by atoms with Crippen molar-refractivity contribution in [3.63, 3.8) is 0 Å². The average Bonchev–Trinajstić information content (AvgIpc) is 2.59. The predicted molar refractivity (Wildman–Crippen MR) is 90.7 cm³/mol. The van der Waals surface area contributed by atoms with E-state index in [1.807, 2.05) is 31.2 Å². The van der Waals surface area contributed by atoms with Crippen LogP contribution in [-0.4, -0.2) is 11.5 Å². The number of benzene rings is 2. The number of nitrogens with two attached hydrogens (primary N) is 1. The summed E-state index contributed by atoms with van der Waals surface area (Å²) in [5, 5.41) is 1.03. The van der Waals surface area contributed by atoms with Gasteiger partial charge in [0.2, 0.25) is 0 Å². The molecular formula is C19H18N2O2. The molecule has 3 aromatic rings. The van der Waals surface area contributed by atoms with Crippen LogP contribution in [0.25, 0.3) is 22.0 Å². The first-order valence-corrected chi connectivity index (χ1v) is 7.46. The van der Waals surface area contributed by atoms with Crippen LogP contribution in [0.5, 0.6) is 0 Å². The van der Waals surface area contributed by atoms with E-state index >= 15 is 0 Å². The molecule has 2 N–H and O–H groups in total. The van der Waals surface area contributed by atoms with Gasteiger partial charge in [-0.05, 0) is 41.8 Å². The minimum atomic E-state index is 0.244. The zero-order chi connectivity index (χ0) is 16.2. The Morgan fingerprint density at radius 2 is 1.83 bits per heavy atom. The van der Waals surface area contributed by atoms with E-state index in [1.165, 1.54) is 0 Å². The van der Waals surface area contributed by atoms with Gasteiger partial charge in [0.25, 0.3) is 6.47 Å². The minimum absolute atomic E-state index is 0.244. The average molecular weight is 306 g/mol. The third-order valence-electron chi connectivity index (χ3n) is 3.94. The van der Waals surface area contributed by atoms with E-state index in [0.29, 0.717) is 13.0 Å². The molecule has 0 aliphatic heterocycles. The maximum atomic E-state index is 10.4. The van der Waals surface area contributed by atoms with Gasteiger partial charge in [0, 0.05) is 23.2 Å². The summed E-state index contributed by atoms with van der Waals surface area (Å²) in [5.41, 5.74) is 11.7. The monoisotopic (exact) mass is 306 g/mol. The minimum Gasteiger partial charge on any atom is -0.463 e. The van der Waals surface area contributed by atoms with Gasteiger partial charge in [-0.15, -0.1) is 0 Å². The number of rotatable bonds is 5. The first-order chi connectivity index (χ1) is 11.2. The number of nitrogens with zero attached hydrogens (tertiary/aromatic N) is 1. The van der Waals surface area contributed by atoms with E-state index in [1.54, 1.807) is 0 Å². The number of fused-ring (bicyclic) bond motifs is 1. The SMILES string of the molecule is Cc1nc2ccc(-c3ccc(CN)cc3)cc2cc1COC=O. The van der Waals surface area contributed by atoms with E-state index in [-0.39, 0.29) is 6.61 Å². The Morgan fingerprint density at radius 3 is 2.52 bits per heavy atom. The summed E-state index contributed by atoms with van der Waals surface area (Å²) in [4.78, 5) is 15.0. The summed E-state index contributed by atoms with van der Waals surface area (Å²) in [6.45, 7) is 3.16. The van der Waals surface area contributed by atoms with Crippen molar-refractivity contribution in [2.24, 2.45) is 5.73 Å². The molecule has 0 aliphatic rings. The fraction of sp³-hybridized carbons (Fsp3) is 0.158. The van der Waals surface area contributed by atoms with Crippen molar-refractivity contribution in [1.29, 1.82) is 0 Å². The molecule has 116 valence electrons. The summed E-state index contributed by atoms with van der Waals surface area (Å²) in [6, 6.07) is 16.4. The second-order valence-corrected chi connectivity index (χ2v) is 5.45. The van der Waals surface area contributed by atoms with Crippen molar-refractivity contribution in [3.8, 4) is 11.1 Å². The Balaban J connectivity index is 2.02. The molecule has 0 atom stereocenters. The number of carbonyl (C=O) groups is 1. The molecule has 0 saturated heterocycles. The summed E-state index contributed by atoms with van der Waals surface area (Å²) < 4.78 is 4.86. The van der Waals surface area contributed by atoms with Crippen molar-refractivity contribution in [3.05, 3.63) is 65.4 Å². The lowest BCUT2D eigenvalue weighted by atomic mass is 10.0. The number of ether oxygens (including phenoxy) is 1. The Kier molecular flexibility index (Phi) is 4.35. The van der Waals surface area contributed by atoms with Gasteiger partial charge in [0.05, 0.1) is 5.52 Å². The summed E-state index contributed by atoms with van der Waals surface area (Å²) >= 11 is 0. The molecule has 0 bridgehead atoms. The van der Waals surface area contributed by atoms with Crippen LogP contribution in [0.4, 0.5) is 0 Å². The van der Waals surface area contributed by atoms with Crippen molar-refractivity contribution in [1.82, 2.24) is 4.98 Å². The molecule has 0 aliphatic carbocycles. The maximum Gasteiger partial charge on any atom is 0.293 e. The summed E-state index contributed by atoms with van der Waals surface area (Å²) in [7, 11) is 0. The number of hydrogen-bond donors (Lipinski definition) is 1. The molecule has 4 heteroatoms. The van der Waals surface area contributed by atoms with Crippen LogP contribution in [-0.2, 0) is 22.7 Å². The first-order valence-electron chi connectivity index (χ1n) is 7.46. The van der Waals surface area contributed by atoms with Crippen LogP contribution >= 0.6 is 0 Å². The van der Waals surface area contributed by atoms with E-state index in [2.05, 4.69) is 29.2 Å². The molecule has 4 nitrogen and oxygen atoms in total. The van der Waals surface area contributed by atoms with Crippen LogP contribution in [0.1, 0.15) is 16.8 Å². The molecule has 3 rings (SSSR count). The molecule has 0 saturated carbocycles. The molecule has 0 radical (unpaired) electrons. The van der Waals surface area contributed by atoms with E-state index < -0.39 is 0 Å². The summed E-state index contributed by atoms with van der Waals surface area (Å²) in [5.74, 6) is 0. The van der Waals surface area contributed by atoms with Crippen LogP contribution < -0.4 is 5.73 Å². The van der Waals surface area contributed by atoms with Gasteiger partial charge >= 0.3 is 0 Å². The van der Waals surface area contributed by atoms with Crippen molar-refractivity contribution >= 4 is 17.4 Å². The lowest BCUT2D eigenvalue weighted by molar-refractivity contribution is -0.129. The number of carbonyl (C=O) groups excluding carboxylic acids is 1. The summed E-state index contributed by atoms with van der Waals surface area (Å²) in [6.07, 6.45) is 0. The smallest absolute Gasteiger partial charge is 0.293 e. The number of aryl methyl sites for hydroxylation is 1. The van der Waals surface area contributed by atoms with Gasteiger partial charge in [-0.25, -0.2) is 0 Å². The van der Waals surface area contributed by atoms with Gasteiger partial charge in [-0.2, -0.15) is 0 Å². The van der Waals surface area contributed by atoms with Crippen LogP contribution in [0.15, 0.2) is 48.5 Å². The van der Waals surface area contributed by atoms with Crippen molar-refractivity contribution < 1.29 is 9.53 Å². The van der Waals surface area contributed by atoms with Crippen LogP contribution in [0.2, 0.25) is 0 Å². The molecule has 0 fully saturated rings. The number of aromatic nitrogens is 1. The normalized spacial score (nSPS) is 10.7. The largest absolute Gasteiger partial charge is 0.463 e. The fourth-order valence-electron chi connectivity index (χ4n) is 2.60. The molecule has 0 unspecified atom stereocenters. The van der Waals surface area contributed by atoms with E-state index in [9.17, 15) is 4.79 Å². The van der Waals surface area contributed by atoms with Gasteiger partial charge in [-0.3, -0.25) is 9.78 Å². The second kappa shape index (κ2) is 6.58. The standard InChI is InChI=1S/C19H18N2O2/c1-13-18(11-23-12-22)9-17-8-16(6-7-19(17)21-13)15-4-2-14(10-20)3-5-15/h2-9,12H,10-11,20H2,1H3. The highest BCUT2D eigenvalue weighted by Crippen LogP contribution is 2.25. The Bertz CT molecular complexity index is 842. The molecule has 0 spiro atoms. The first kappa shape index (κ1) is 15.2. The highest BCUT2D eigenvalue weighted by atomic mass is 16.5. The maximum absolute atomic E-state index is 10.4. The molecule has 23 heavy (non-hydrogen) atoms. The quantitative estimate of drug-likeness (QED) is 0.734. The molecule has 1 heterocycles. The van der Waals surface area contributed by atoms with Gasteiger partial charge in [0.15, 0.2) is 0 Å². The van der Waals surface area contributed by atoms with Crippen LogP contribution in [0.3, 0.4) is 0 Å². The molecule has 0 amide bonds. The molecule has 1 aromatic heterocycles. The number of hydrogen-bond acceptors (Lipinski definition) is 4. The predicted octanol–water partition coefficient (Wildman–Crippen LogP) is 3.34. The van der Waals surface area contributed by atoms with E-state index in [0.717, 1.165) is 38.9 Å². The highest BCUT2D eigenvalue weighted by Gasteiger charge is 2.06. The second-order valence-electron chi connectivity index (χ2n) is 5.45. The van der Waals surface area contributed by atoms with Crippen molar-refractivity contribution in [2.75, 3.05) is 0 Å². The van der Waals surface area contributed by atoms with E-state index in [4.69, 9.17) is 10.5 Å². The molecule has 2 aromatic carbocycles. The van der Waals surface area contributed by atoms with Gasteiger partial charge in [0.1, 0.15) is 6.61 Å². The number of pyridine rings is 1. The Hall–Kier alpha value is -2.72. The topological polar surface area (TPSA) is 65.2 Å². The van der Waals surface area contributed by atoms with Gasteiger partial charge < -0.3 is 10.5 Å². The van der Waals surface area contributed by atoms with Crippen LogP contribution in [0, 0.1) is 6.92 Å². The molecular weight excluding hydrogens is 288 g/mol. The van der Waals surface area contributed by atoms with Gasteiger partial charge in [-0.1, -0.05) is 30.3 Å². The lowest BCUT2D eigenvalue weighted by Crippen LogP contribution is -1.97. The fourth-order valence-corrected chi connectivity index (χ4v) is 2.60. The zero-order valence-electron chi connectivity index (χ0n) is 13.0. The lowest BCUT2D eigenvalue weighted by Gasteiger charge is -2.09. The third kappa shape index (κ3) is 3.22. The Morgan fingerprint density at radius 1 is 1.09 bits per heavy atom. The third-order valence-corrected chi connectivity index (χ3v) is 3.94. The zero-order valence-corrected chi connectivity index (χ0v) is 13.0.